The van der Waals surface area contributed by atoms with Gasteiger partial charge >= 0.3 is 0 Å². The number of ether oxygens (including phenoxy) is 1. The third-order valence-electron chi connectivity index (χ3n) is 5.38. The van der Waals surface area contributed by atoms with Gasteiger partial charge in [0.25, 0.3) is 0 Å². The first-order valence-corrected chi connectivity index (χ1v) is 11.0. The highest BCUT2D eigenvalue weighted by atomic mass is 32.2. The highest BCUT2D eigenvalue weighted by Crippen LogP contribution is 2.35. The topological polar surface area (TPSA) is 63.7 Å². The molecule has 5 nitrogen and oxygen atoms in total. The van der Waals surface area contributed by atoms with Crippen LogP contribution < -0.4 is 4.74 Å². The third kappa shape index (κ3) is 4.46. The van der Waals surface area contributed by atoms with Gasteiger partial charge in [0, 0.05) is 17.4 Å². The average Bonchev–Trinajstić information content (AvgIpc) is 3.22. The predicted molar refractivity (Wildman–Crippen MR) is 114 cm³/mol. The van der Waals surface area contributed by atoms with Gasteiger partial charge in [-0.15, -0.1) is 10.2 Å². The fraction of sp³-hybridized carbons (Fsp3) is 0.348. The van der Waals surface area contributed by atoms with E-state index in [0.717, 1.165) is 33.7 Å². The van der Waals surface area contributed by atoms with E-state index >= 15 is 0 Å². The Hall–Kier alpha value is -2.78. The fourth-order valence-corrected chi connectivity index (χ4v) is 4.75. The zero-order valence-electron chi connectivity index (χ0n) is 16.5. The maximum Gasteiger partial charge on any atom is 0.196 e. The summed E-state index contributed by atoms with van der Waals surface area (Å²) in [6.07, 6.45) is 6.16. The second-order valence-electron chi connectivity index (χ2n) is 7.31. The van der Waals surface area contributed by atoms with Gasteiger partial charge in [-0.05, 0) is 54.8 Å². The smallest absolute Gasteiger partial charge is 0.196 e. The number of aromatic nitrogens is 3. The van der Waals surface area contributed by atoms with Gasteiger partial charge in [0.05, 0.1) is 18.7 Å². The van der Waals surface area contributed by atoms with E-state index in [9.17, 15) is 0 Å². The lowest BCUT2D eigenvalue weighted by atomic mass is 9.88. The van der Waals surface area contributed by atoms with Gasteiger partial charge in [-0.3, -0.25) is 4.57 Å². The van der Waals surface area contributed by atoms with Crippen LogP contribution in [0.15, 0.2) is 53.7 Å². The zero-order chi connectivity index (χ0) is 20.1. The summed E-state index contributed by atoms with van der Waals surface area (Å²) < 4.78 is 7.52. The molecule has 1 aliphatic carbocycles. The van der Waals surface area contributed by atoms with Crippen molar-refractivity contribution in [3.8, 4) is 17.5 Å². The number of nitrogens with zero attached hydrogens (tertiary/aromatic N) is 4. The first kappa shape index (κ1) is 19.5. The number of rotatable bonds is 6. The summed E-state index contributed by atoms with van der Waals surface area (Å²) in [6.45, 7) is 0. The van der Waals surface area contributed by atoms with E-state index in [4.69, 9.17) is 10.00 Å². The fourth-order valence-electron chi connectivity index (χ4n) is 3.85. The number of thioether (sulfide) groups is 1. The Morgan fingerprint density at radius 3 is 2.62 bits per heavy atom. The van der Waals surface area contributed by atoms with Crippen LogP contribution in [0, 0.1) is 11.3 Å². The molecule has 1 saturated carbocycles. The molecule has 0 saturated heterocycles. The zero-order valence-corrected chi connectivity index (χ0v) is 17.4. The largest absolute Gasteiger partial charge is 0.497 e. The van der Waals surface area contributed by atoms with Gasteiger partial charge in [-0.25, -0.2) is 0 Å². The molecule has 3 aromatic rings. The number of nitriles is 1. The summed E-state index contributed by atoms with van der Waals surface area (Å²) in [6, 6.07) is 18.0. The Kier molecular flexibility index (Phi) is 6.16. The molecule has 0 aliphatic heterocycles. The van der Waals surface area contributed by atoms with Crippen molar-refractivity contribution in [1.29, 1.82) is 5.26 Å². The van der Waals surface area contributed by atoms with Crippen molar-refractivity contribution in [2.45, 2.75) is 48.9 Å². The van der Waals surface area contributed by atoms with Crippen molar-refractivity contribution in [3.05, 3.63) is 65.5 Å². The van der Waals surface area contributed by atoms with Crippen LogP contribution in [0.25, 0.3) is 5.69 Å². The Labute approximate surface area is 175 Å². The van der Waals surface area contributed by atoms with Crippen LogP contribution in [0.1, 0.15) is 55.0 Å². The summed E-state index contributed by atoms with van der Waals surface area (Å²) in [5.41, 5.74) is 2.85. The molecule has 4 rings (SSSR count). The van der Waals surface area contributed by atoms with Crippen molar-refractivity contribution in [2.75, 3.05) is 7.11 Å². The third-order valence-corrected chi connectivity index (χ3v) is 6.38. The SMILES string of the molecule is COc1ccc(-n2c(SCc3cccc(C#N)c3)nnc2C2CCCCC2)cc1. The van der Waals surface area contributed by atoms with E-state index in [2.05, 4.69) is 33.0 Å². The highest BCUT2D eigenvalue weighted by Gasteiger charge is 2.24. The monoisotopic (exact) mass is 404 g/mol. The molecular weight excluding hydrogens is 380 g/mol. The van der Waals surface area contributed by atoms with E-state index in [1.54, 1.807) is 18.9 Å². The lowest BCUT2D eigenvalue weighted by Crippen LogP contribution is -2.12. The second-order valence-corrected chi connectivity index (χ2v) is 8.25. The molecule has 0 unspecified atom stereocenters. The van der Waals surface area contributed by atoms with E-state index in [-0.39, 0.29) is 0 Å². The molecule has 0 bridgehead atoms. The van der Waals surface area contributed by atoms with Gasteiger partial charge in [0.2, 0.25) is 0 Å². The molecule has 1 aromatic heterocycles. The number of hydrogen-bond donors (Lipinski definition) is 0. The molecule has 0 amide bonds. The molecule has 0 radical (unpaired) electrons. The van der Waals surface area contributed by atoms with Gasteiger partial charge in [0.15, 0.2) is 5.16 Å². The normalized spacial score (nSPS) is 14.5. The van der Waals surface area contributed by atoms with E-state index in [0.29, 0.717) is 11.5 Å². The molecule has 148 valence electrons. The predicted octanol–water partition coefficient (Wildman–Crippen LogP) is 5.49. The van der Waals surface area contributed by atoms with Crippen molar-refractivity contribution < 1.29 is 4.74 Å². The quantitative estimate of drug-likeness (QED) is 0.509. The Bertz CT molecular complexity index is 1000. The van der Waals surface area contributed by atoms with Gasteiger partial charge in [-0.1, -0.05) is 43.2 Å². The average molecular weight is 405 g/mol. The van der Waals surface area contributed by atoms with Crippen molar-refractivity contribution in [3.63, 3.8) is 0 Å². The van der Waals surface area contributed by atoms with E-state index in [1.165, 1.54) is 32.1 Å². The molecule has 1 heterocycles. The van der Waals surface area contributed by atoms with Crippen LogP contribution in [-0.4, -0.2) is 21.9 Å². The summed E-state index contributed by atoms with van der Waals surface area (Å²) in [5, 5.41) is 19.2. The maximum atomic E-state index is 9.14. The van der Waals surface area contributed by atoms with Crippen molar-refractivity contribution in [2.24, 2.45) is 0 Å². The molecule has 2 aromatic carbocycles. The molecule has 1 aliphatic rings. The molecular formula is C23H24N4OS. The van der Waals surface area contributed by atoms with Crippen LogP contribution in [-0.2, 0) is 5.75 Å². The van der Waals surface area contributed by atoms with E-state index in [1.807, 2.05) is 36.4 Å². The minimum absolute atomic E-state index is 0.453. The van der Waals surface area contributed by atoms with Gasteiger partial charge in [0.1, 0.15) is 11.6 Å². The molecule has 29 heavy (non-hydrogen) atoms. The Morgan fingerprint density at radius 1 is 1.10 bits per heavy atom. The lowest BCUT2D eigenvalue weighted by molar-refractivity contribution is 0.414. The first-order valence-electron chi connectivity index (χ1n) is 10.00. The van der Waals surface area contributed by atoms with Crippen molar-refractivity contribution in [1.82, 2.24) is 14.8 Å². The minimum Gasteiger partial charge on any atom is -0.497 e. The van der Waals surface area contributed by atoms with Crippen LogP contribution in [0.2, 0.25) is 0 Å². The molecule has 0 atom stereocenters. The summed E-state index contributed by atoms with van der Waals surface area (Å²) in [5.74, 6) is 3.09. The van der Waals surface area contributed by atoms with Crippen LogP contribution in [0.3, 0.4) is 0 Å². The number of hydrogen-bond acceptors (Lipinski definition) is 5. The number of methoxy groups -OCH3 is 1. The first-order chi connectivity index (χ1) is 14.3. The van der Waals surface area contributed by atoms with E-state index < -0.39 is 0 Å². The molecule has 0 spiro atoms. The minimum atomic E-state index is 0.453. The van der Waals surface area contributed by atoms with Crippen molar-refractivity contribution >= 4 is 11.8 Å². The highest BCUT2D eigenvalue weighted by molar-refractivity contribution is 7.98. The Balaban J connectivity index is 1.65. The maximum absolute atomic E-state index is 9.14. The number of benzene rings is 2. The van der Waals surface area contributed by atoms with Gasteiger partial charge in [-0.2, -0.15) is 5.26 Å². The van der Waals surface area contributed by atoms with Gasteiger partial charge < -0.3 is 4.74 Å². The summed E-state index contributed by atoms with van der Waals surface area (Å²) in [7, 11) is 1.68. The standard InChI is InChI=1S/C23H24N4OS/c1-28-21-12-10-20(11-13-21)27-22(19-8-3-2-4-9-19)25-26-23(27)29-16-18-7-5-6-17(14-18)15-24/h5-7,10-14,19H,2-4,8-9,16H2,1H3. The molecule has 6 heteroatoms. The molecule has 0 N–H and O–H groups in total. The van der Waals surface area contributed by atoms with Crippen LogP contribution in [0.5, 0.6) is 5.75 Å². The second kappa shape index (κ2) is 9.15. The van der Waals surface area contributed by atoms with Crippen LogP contribution >= 0.6 is 11.8 Å². The lowest BCUT2D eigenvalue weighted by Gasteiger charge is -2.22. The molecule has 1 fully saturated rings. The summed E-state index contributed by atoms with van der Waals surface area (Å²) >= 11 is 1.66. The Morgan fingerprint density at radius 2 is 1.90 bits per heavy atom. The van der Waals surface area contributed by atoms with Crippen LogP contribution in [0.4, 0.5) is 0 Å². The summed E-state index contributed by atoms with van der Waals surface area (Å²) in [4.78, 5) is 0.